The van der Waals surface area contributed by atoms with Gasteiger partial charge in [-0.05, 0) is 61.3 Å². The second kappa shape index (κ2) is 13.3. The molecule has 1 aliphatic rings. The van der Waals surface area contributed by atoms with E-state index in [1.807, 2.05) is 18.2 Å². The predicted octanol–water partition coefficient (Wildman–Crippen LogP) is 3.09. The highest BCUT2D eigenvalue weighted by molar-refractivity contribution is 6.40. The molecule has 5 N–H and O–H groups in total. The molecule has 0 amide bonds. The van der Waals surface area contributed by atoms with Crippen LogP contribution in [-0.4, -0.2) is 58.3 Å². The minimum absolute atomic E-state index is 0.124. The number of hydrogen-bond donors (Lipinski definition) is 4. The lowest BCUT2D eigenvalue weighted by Crippen LogP contribution is -2.57. The summed E-state index contributed by atoms with van der Waals surface area (Å²) in [5.74, 6) is -1.11. The second-order valence-electron chi connectivity index (χ2n) is 8.15. The van der Waals surface area contributed by atoms with Gasteiger partial charge in [0.25, 0.3) is 0 Å². The number of piperidine rings is 1. The zero-order valence-electron chi connectivity index (χ0n) is 18.5. The molecule has 0 spiro atoms. The molecule has 1 unspecified atom stereocenters. The number of allylic oxidation sites excluding steroid dienone is 6. The van der Waals surface area contributed by atoms with E-state index in [9.17, 15) is 9.90 Å². The lowest BCUT2D eigenvalue weighted by atomic mass is 9.74. The predicted molar refractivity (Wildman–Crippen MR) is 128 cm³/mol. The van der Waals surface area contributed by atoms with Crippen LogP contribution in [0.4, 0.5) is 0 Å². The largest absolute Gasteiger partial charge is 0.480 e. The number of likely N-dealkylation sites (tertiary alicyclic amines) is 1. The number of carboxylic acid groups (broad SMARTS) is 1. The van der Waals surface area contributed by atoms with E-state index >= 15 is 0 Å². The molecule has 6 nitrogen and oxygen atoms in total. The molecule has 0 aromatic rings. The standard InChI is InChI=1S/C24H37BN2O4/c1-5-7-11-19(3)20(4)21(10-6-2)18-27-16-12-22(13-17-27)24(26,23(28)29)14-8-9-15-25(30)31/h5-7,10-11,22,30-31H,1-4,8-9,12-18,26H2,(H,28,29)/b11-7-,21-10-. The normalized spacial score (nSPS) is 17.8. The third-order valence-electron chi connectivity index (χ3n) is 5.94. The number of carboxylic acids is 1. The summed E-state index contributed by atoms with van der Waals surface area (Å²) in [4.78, 5) is 14.2. The molecule has 0 aliphatic carbocycles. The number of carbonyl (C=O) groups is 1. The molecule has 0 aromatic heterocycles. The van der Waals surface area contributed by atoms with E-state index in [1.165, 1.54) is 0 Å². The van der Waals surface area contributed by atoms with Crippen LogP contribution in [0.5, 0.6) is 0 Å². The number of nitrogens with two attached hydrogens (primary N) is 1. The molecule has 7 heteroatoms. The molecule has 1 heterocycles. The Morgan fingerprint density at radius 2 is 1.81 bits per heavy atom. The summed E-state index contributed by atoms with van der Waals surface area (Å²) in [5, 5.41) is 27.7. The Morgan fingerprint density at radius 1 is 1.16 bits per heavy atom. The van der Waals surface area contributed by atoms with Crippen LogP contribution < -0.4 is 5.73 Å². The van der Waals surface area contributed by atoms with Crippen molar-refractivity contribution in [3.63, 3.8) is 0 Å². The van der Waals surface area contributed by atoms with Crippen molar-refractivity contribution in [2.24, 2.45) is 11.7 Å². The molecule has 170 valence electrons. The van der Waals surface area contributed by atoms with E-state index in [0.29, 0.717) is 38.6 Å². The van der Waals surface area contributed by atoms with Crippen LogP contribution in [0.3, 0.4) is 0 Å². The Balaban J connectivity index is 2.72. The van der Waals surface area contributed by atoms with Crippen LogP contribution in [0.15, 0.2) is 73.4 Å². The maximum absolute atomic E-state index is 12.0. The Morgan fingerprint density at radius 3 is 2.32 bits per heavy atom. The van der Waals surface area contributed by atoms with E-state index in [-0.39, 0.29) is 12.2 Å². The van der Waals surface area contributed by atoms with E-state index in [2.05, 4.69) is 31.2 Å². The van der Waals surface area contributed by atoms with Crippen molar-refractivity contribution in [2.75, 3.05) is 19.6 Å². The van der Waals surface area contributed by atoms with E-state index in [4.69, 9.17) is 15.8 Å². The van der Waals surface area contributed by atoms with Crippen molar-refractivity contribution in [3.8, 4) is 0 Å². The SMILES string of the molecule is C=C/C=C\C(=C)C(=C)/C(=C\C=C)CN1CCC(C(N)(CCCCB(O)O)C(=O)O)CC1. The van der Waals surface area contributed by atoms with E-state index in [0.717, 1.165) is 29.8 Å². The highest BCUT2D eigenvalue weighted by Crippen LogP contribution is 2.32. The van der Waals surface area contributed by atoms with Gasteiger partial charge >= 0.3 is 13.1 Å². The fraction of sp³-hybridized carbons (Fsp3) is 0.458. The maximum Gasteiger partial charge on any atom is 0.451 e. The fourth-order valence-corrected chi connectivity index (χ4v) is 3.96. The van der Waals surface area contributed by atoms with Gasteiger partial charge in [-0.25, -0.2) is 0 Å². The lowest BCUT2D eigenvalue weighted by Gasteiger charge is -2.40. The summed E-state index contributed by atoms with van der Waals surface area (Å²) in [6.07, 6.45) is 12.1. The zero-order valence-corrected chi connectivity index (χ0v) is 18.5. The van der Waals surface area contributed by atoms with Gasteiger partial charge in [0.2, 0.25) is 0 Å². The first kappa shape index (κ1) is 26.8. The van der Waals surface area contributed by atoms with Crippen LogP contribution in [0.25, 0.3) is 0 Å². The Kier molecular flexibility index (Phi) is 11.5. The average Bonchev–Trinajstić information content (AvgIpc) is 2.74. The number of hydrogen-bond acceptors (Lipinski definition) is 5. The third kappa shape index (κ3) is 8.46. The van der Waals surface area contributed by atoms with Gasteiger partial charge in [-0.3, -0.25) is 9.69 Å². The van der Waals surface area contributed by atoms with Gasteiger partial charge in [0.15, 0.2) is 0 Å². The minimum atomic E-state index is -1.36. The van der Waals surface area contributed by atoms with Crippen molar-refractivity contribution in [2.45, 2.75) is 44.0 Å². The zero-order chi connectivity index (χ0) is 23.4. The first-order valence-electron chi connectivity index (χ1n) is 10.8. The van der Waals surface area contributed by atoms with Gasteiger partial charge in [-0.1, -0.05) is 69.5 Å². The van der Waals surface area contributed by atoms with Gasteiger partial charge in [-0.15, -0.1) is 0 Å². The summed E-state index contributed by atoms with van der Waals surface area (Å²) in [7, 11) is -1.36. The molecule has 0 bridgehead atoms. The molecule has 1 aliphatic heterocycles. The van der Waals surface area contributed by atoms with Gasteiger partial charge in [0.1, 0.15) is 5.54 Å². The summed E-state index contributed by atoms with van der Waals surface area (Å²) in [5.41, 5.74) is 7.73. The van der Waals surface area contributed by atoms with Crippen LogP contribution in [0, 0.1) is 5.92 Å². The van der Waals surface area contributed by atoms with Crippen LogP contribution in [0.1, 0.15) is 32.1 Å². The average molecular weight is 428 g/mol. The monoisotopic (exact) mass is 428 g/mol. The van der Waals surface area contributed by atoms with Crippen molar-refractivity contribution in [1.29, 1.82) is 0 Å². The van der Waals surface area contributed by atoms with Crippen LogP contribution in [-0.2, 0) is 4.79 Å². The first-order chi connectivity index (χ1) is 14.7. The Hall–Kier alpha value is -2.19. The Labute approximate surface area is 187 Å². The molecule has 31 heavy (non-hydrogen) atoms. The number of unbranched alkanes of at least 4 members (excludes halogenated alkanes) is 1. The number of aliphatic carboxylic acids is 1. The summed E-state index contributed by atoms with van der Waals surface area (Å²) in [6.45, 7) is 17.8. The van der Waals surface area contributed by atoms with Gasteiger partial charge < -0.3 is 20.9 Å². The van der Waals surface area contributed by atoms with Crippen molar-refractivity contribution in [1.82, 2.24) is 4.90 Å². The van der Waals surface area contributed by atoms with E-state index < -0.39 is 18.6 Å². The van der Waals surface area contributed by atoms with Crippen molar-refractivity contribution >= 4 is 13.1 Å². The van der Waals surface area contributed by atoms with E-state index in [1.54, 1.807) is 12.2 Å². The number of nitrogens with zero attached hydrogens (tertiary/aromatic N) is 1. The highest BCUT2D eigenvalue weighted by atomic mass is 16.4. The first-order valence-corrected chi connectivity index (χ1v) is 10.8. The molecule has 0 radical (unpaired) electrons. The van der Waals surface area contributed by atoms with Crippen molar-refractivity contribution in [3.05, 3.63) is 73.4 Å². The van der Waals surface area contributed by atoms with Crippen LogP contribution >= 0.6 is 0 Å². The molecule has 0 aromatic carbocycles. The number of rotatable bonds is 14. The fourth-order valence-electron chi connectivity index (χ4n) is 3.96. The lowest BCUT2D eigenvalue weighted by molar-refractivity contribution is -0.147. The molecule has 1 rings (SSSR count). The maximum atomic E-state index is 12.0. The molecular weight excluding hydrogens is 391 g/mol. The smallest absolute Gasteiger partial charge is 0.451 e. The van der Waals surface area contributed by atoms with Gasteiger partial charge in [0, 0.05) is 6.54 Å². The quantitative estimate of drug-likeness (QED) is 0.192. The van der Waals surface area contributed by atoms with Gasteiger partial charge in [0.05, 0.1) is 0 Å². The minimum Gasteiger partial charge on any atom is -0.480 e. The van der Waals surface area contributed by atoms with Crippen molar-refractivity contribution < 1.29 is 19.9 Å². The molecular formula is C24H37BN2O4. The third-order valence-corrected chi connectivity index (χ3v) is 5.94. The van der Waals surface area contributed by atoms with Gasteiger partial charge in [-0.2, -0.15) is 0 Å². The highest BCUT2D eigenvalue weighted by Gasteiger charge is 2.42. The summed E-state index contributed by atoms with van der Waals surface area (Å²) < 4.78 is 0. The second-order valence-corrected chi connectivity index (χ2v) is 8.15. The topological polar surface area (TPSA) is 107 Å². The summed E-state index contributed by atoms with van der Waals surface area (Å²) in [6, 6.07) is 0. The Bertz CT molecular complexity index is 721. The molecule has 1 saturated heterocycles. The molecule has 1 fully saturated rings. The van der Waals surface area contributed by atoms with Crippen LogP contribution in [0.2, 0.25) is 6.32 Å². The molecule has 1 atom stereocenters. The summed E-state index contributed by atoms with van der Waals surface area (Å²) >= 11 is 0. The molecule has 0 saturated carbocycles.